The monoisotopic (exact) mass is 476 g/mol. The molecule has 0 aromatic rings. The molecule has 0 saturated carbocycles. The topological polar surface area (TPSA) is 32.3 Å². The van der Waals surface area contributed by atoms with Gasteiger partial charge in [0.05, 0.1) is 5.41 Å². The number of allylic oxidation sites excluding steroid dienone is 7. The first-order valence-electron chi connectivity index (χ1n) is 12.9. The lowest BCUT2D eigenvalue weighted by Gasteiger charge is -2.41. The van der Waals surface area contributed by atoms with Crippen molar-refractivity contribution in [1.82, 2.24) is 10.2 Å². The summed E-state index contributed by atoms with van der Waals surface area (Å²) >= 11 is 0. The quantitative estimate of drug-likeness (QED) is 0.443. The molecule has 0 radical (unpaired) electrons. The summed E-state index contributed by atoms with van der Waals surface area (Å²) in [5, 5.41) is 2.30. The van der Waals surface area contributed by atoms with Gasteiger partial charge in [0, 0.05) is 11.3 Å². The number of amides is 1. The van der Waals surface area contributed by atoms with Crippen LogP contribution in [0.15, 0.2) is 47.6 Å². The lowest BCUT2D eigenvalue weighted by atomic mass is 9.61. The maximum absolute atomic E-state index is 13.8. The fraction of sp³-hybridized carbons (Fsp3) is 0.679. The summed E-state index contributed by atoms with van der Waals surface area (Å²) in [5.74, 6) is 0.390. The van der Waals surface area contributed by atoms with Crippen molar-refractivity contribution >= 4 is 5.91 Å². The standard InChI is InChI=1S/C28H39F3N2O/c1-20-12-17-33(18-13-20)16-7-6-15-27(25(34)32-19-28(29,30)31)22-10-8-9-21(2)24(22)26(3)14-5-4-11-23(26)27/h4-5,8,10-11,14,20-21,23H,6-7,9,12-13,15-19H2,1-3H3,(H,32,34). The van der Waals surface area contributed by atoms with E-state index in [1.54, 1.807) is 0 Å². The Morgan fingerprint density at radius 3 is 2.62 bits per heavy atom. The fourth-order valence-electron chi connectivity index (χ4n) is 6.94. The molecule has 1 fully saturated rings. The lowest BCUT2D eigenvalue weighted by molar-refractivity contribution is -0.145. The number of alkyl halides is 3. The normalized spacial score (nSPS) is 33.8. The average molecular weight is 477 g/mol. The first kappa shape index (κ1) is 25.3. The molecule has 4 aliphatic rings. The summed E-state index contributed by atoms with van der Waals surface area (Å²) in [6, 6.07) is 0. The van der Waals surface area contributed by atoms with Crippen molar-refractivity contribution in [3.63, 3.8) is 0 Å². The van der Waals surface area contributed by atoms with Crippen molar-refractivity contribution in [3.05, 3.63) is 47.6 Å². The second kappa shape index (κ2) is 9.67. The second-order valence-electron chi connectivity index (χ2n) is 11.1. The number of rotatable bonds is 7. The van der Waals surface area contributed by atoms with E-state index >= 15 is 0 Å². The van der Waals surface area contributed by atoms with Gasteiger partial charge in [-0.15, -0.1) is 0 Å². The van der Waals surface area contributed by atoms with Gasteiger partial charge in [0.25, 0.3) is 0 Å². The van der Waals surface area contributed by atoms with Crippen molar-refractivity contribution < 1.29 is 18.0 Å². The zero-order chi connectivity index (χ0) is 24.6. The summed E-state index contributed by atoms with van der Waals surface area (Å²) in [6.07, 6.45) is 13.6. The minimum absolute atomic E-state index is 0.177. The zero-order valence-electron chi connectivity index (χ0n) is 20.8. The van der Waals surface area contributed by atoms with Crippen LogP contribution in [-0.2, 0) is 4.79 Å². The zero-order valence-corrected chi connectivity index (χ0v) is 20.8. The largest absolute Gasteiger partial charge is 0.405 e. The summed E-state index contributed by atoms with van der Waals surface area (Å²) in [5.41, 5.74) is 0.861. The predicted molar refractivity (Wildman–Crippen MR) is 130 cm³/mol. The molecule has 3 aliphatic carbocycles. The molecule has 6 heteroatoms. The number of hydrogen-bond acceptors (Lipinski definition) is 2. The Morgan fingerprint density at radius 2 is 1.91 bits per heavy atom. The van der Waals surface area contributed by atoms with E-state index in [2.05, 4.69) is 49.2 Å². The number of unbranched alkanes of at least 4 members (excludes halogenated alkanes) is 1. The van der Waals surface area contributed by atoms with Gasteiger partial charge in [-0.3, -0.25) is 4.79 Å². The molecule has 1 amide bonds. The van der Waals surface area contributed by atoms with Gasteiger partial charge >= 0.3 is 6.18 Å². The first-order valence-corrected chi connectivity index (χ1v) is 12.9. The Bertz CT molecular complexity index is 894. The number of likely N-dealkylation sites (tertiary alicyclic amines) is 1. The van der Waals surface area contributed by atoms with Crippen LogP contribution < -0.4 is 5.32 Å². The molecule has 1 saturated heterocycles. The SMILES string of the molecule is CC1CCN(CCCCC2(C(=O)NCC(F)(F)F)C3=C(C(C)CC=C3)C3(C)C=CC=CC32)CC1. The smallest absolute Gasteiger partial charge is 0.346 e. The van der Waals surface area contributed by atoms with Crippen LogP contribution in [0.4, 0.5) is 13.2 Å². The van der Waals surface area contributed by atoms with Gasteiger partial charge in [0.1, 0.15) is 6.54 Å². The molecule has 0 aromatic heterocycles. The van der Waals surface area contributed by atoms with Crippen LogP contribution in [0, 0.1) is 28.6 Å². The van der Waals surface area contributed by atoms with Crippen LogP contribution in [0.3, 0.4) is 0 Å². The van der Waals surface area contributed by atoms with Crippen LogP contribution in [0.5, 0.6) is 0 Å². The van der Waals surface area contributed by atoms with Gasteiger partial charge < -0.3 is 10.2 Å². The maximum atomic E-state index is 13.8. The molecule has 0 spiro atoms. The van der Waals surface area contributed by atoms with Gasteiger partial charge in [-0.2, -0.15) is 13.2 Å². The third kappa shape index (κ3) is 4.67. The van der Waals surface area contributed by atoms with E-state index < -0.39 is 24.0 Å². The highest BCUT2D eigenvalue weighted by Gasteiger charge is 2.61. The minimum Gasteiger partial charge on any atom is -0.346 e. The molecule has 188 valence electrons. The molecule has 1 heterocycles. The third-order valence-electron chi connectivity index (χ3n) is 8.68. The highest BCUT2D eigenvalue weighted by Crippen LogP contribution is 2.65. The van der Waals surface area contributed by atoms with Crippen LogP contribution in [0.1, 0.15) is 59.3 Å². The molecule has 0 aromatic carbocycles. The van der Waals surface area contributed by atoms with Crippen LogP contribution in [-0.4, -0.2) is 43.2 Å². The first-order chi connectivity index (χ1) is 16.1. The van der Waals surface area contributed by atoms with Gasteiger partial charge in [-0.05, 0) is 69.1 Å². The van der Waals surface area contributed by atoms with Gasteiger partial charge in [-0.25, -0.2) is 0 Å². The van der Waals surface area contributed by atoms with Crippen molar-refractivity contribution in [1.29, 1.82) is 0 Å². The van der Waals surface area contributed by atoms with E-state index in [1.807, 2.05) is 18.2 Å². The van der Waals surface area contributed by atoms with Gasteiger partial charge in [0.15, 0.2) is 0 Å². The molecule has 3 nitrogen and oxygen atoms in total. The summed E-state index contributed by atoms with van der Waals surface area (Å²) < 4.78 is 39.3. The van der Waals surface area contributed by atoms with Gasteiger partial charge in [0.2, 0.25) is 5.91 Å². The Hall–Kier alpha value is -1.82. The molecule has 4 unspecified atom stereocenters. The molecule has 4 atom stereocenters. The van der Waals surface area contributed by atoms with Gasteiger partial charge in [-0.1, -0.05) is 69.2 Å². The summed E-state index contributed by atoms with van der Waals surface area (Å²) in [7, 11) is 0. The average Bonchev–Trinajstić information content (AvgIpc) is 3.02. The van der Waals surface area contributed by atoms with Crippen molar-refractivity contribution in [2.75, 3.05) is 26.2 Å². The number of nitrogens with one attached hydrogen (secondary N) is 1. The summed E-state index contributed by atoms with van der Waals surface area (Å²) in [4.78, 5) is 16.2. The van der Waals surface area contributed by atoms with E-state index in [9.17, 15) is 18.0 Å². The van der Waals surface area contributed by atoms with Crippen molar-refractivity contribution in [2.24, 2.45) is 28.6 Å². The molecule has 1 N–H and O–H groups in total. The number of nitrogens with zero attached hydrogens (tertiary/aromatic N) is 1. The number of halogens is 3. The Balaban J connectivity index is 1.61. The fourth-order valence-corrected chi connectivity index (χ4v) is 6.94. The van der Waals surface area contributed by atoms with E-state index in [4.69, 9.17) is 0 Å². The minimum atomic E-state index is -4.43. The van der Waals surface area contributed by atoms with E-state index in [0.29, 0.717) is 6.42 Å². The number of piperidine rings is 1. The molecule has 0 bridgehead atoms. The van der Waals surface area contributed by atoms with E-state index in [1.165, 1.54) is 18.4 Å². The predicted octanol–water partition coefficient (Wildman–Crippen LogP) is 6.21. The Kier molecular flexibility index (Phi) is 7.19. The number of carbonyl (C=O) groups is 1. The number of fused-ring (bicyclic) bond motifs is 2. The second-order valence-corrected chi connectivity index (χ2v) is 11.1. The van der Waals surface area contributed by atoms with Crippen LogP contribution in [0.2, 0.25) is 0 Å². The molecule has 34 heavy (non-hydrogen) atoms. The summed E-state index contributed by atoms with van der Waals surface area (Å²) in [6.45, 7) is 8.57. The van der Waals surface area contributed by atoms with E-state index in [-0.39, 0.29) is 17.3 Å². The van der Waals surface area contributed by atoms with Crippen molar-refractivity contribution in [2.45, 2.75) is 65.5 Å². The lowest BCUT2D eigenvalue weighted by Crippen LogP contribution is -2.49. The number of carbonyl (C=O) groups excluding carboxylic acids is 1. The maximum Gasteiger partial charge on any atom is 0.405 e. The highest BCUT2D eigenvalue weighted by molar-refractivity contribution is 5.90. The Morgan fingerprint density at radius 1 is 1.18 bits per heavy atom. The Labute approximate surface area is 202 Å². The molecular formula is C28H39F3N2O. The van der Waals surface area contributed by atoms with E-state index in [0.717, 1.165) is 50.4 Å². The highest BCUT2D eigenvalue weighted by atomic mass is 19.4. The molecule has 1 aliphatic heterocycles. The molecular weight excluding hydrogens is 437 g/mol. The van der Waals surface area contributed by atoms with Crippen LogP contribution in [0.25, 0.3) is 0 Å². The van der Waals surface area contributed by atoms with Crippen LogP contribution >= 0.6 is 0 Å². The number of hydrogen-bond donors (Lipinski definition) is 1. The van der Waals surface area contributed by atoms with Crippen molar-refractivity contribution in [3.8, 4) is 0 Å². The third-order valence-corrected chi connectivity index (χ3v) is 8.68. The molecule has 4 rings (SSSR count).